The van der Waals surface area contributed by atoms with Gasteiger partial charge in [-0.2, -0.15) is 0 Å². The Hall–Kier alpha value is -7.56. The van der Waals surface area contributed by atoms with Gasteiger partial charge in [-0.25, -0.2) is 9.97 Å². The summed E-state index contributed by atoms with van der Waals surface area (Å²) in [6, 6.07) is 73.2. The van der Waals surface area contributed by atoms with Gasteiger partial charge in [0.25, 0.3) is 0 Å². The standard InChI is InChI=1S/C52H34N4/c1-5-15-35(16-6-1)39-25-31-47-44(33-39)43-23-13-14-24-46(43)55(47)41-27-29-42(30-28-41)56-48-32-26-40(36-17-7-2-8-18-36)34-45(48)49-50(37-19-9-3-10-20-37)53-51(54-52(49)56)38-21-11-4-12-22-38/h1-34H. The van der Waals surface area contributed by atoms with Crippen LogP contribution in [0.5, 0.6) is 0 Å². The van der Waals surface area contributed by atoms with E-state index < -0.39 is 0 Å². The van der Waals surface area contributed by atoms with E-state index in [1.807, 2.05) is 18.2 Å². The molecule has 0 saturated carbocycles. The summed E-state index contributed by atoms with van der Waals surface area (Å²) in [5.41, 5.74) is 14.1. The highest BCUT2D eigenvalue weighted by molar-refractivity contribution is 6.15. The highest BCUT2D eigenvalue weighted by atomic mass is 15.1. The molecule has 0 unspecified atom stereocenters. The number of aromatic nitrogens is 4. The maximum atomic E-state index is 5.38. The molecule has 11 rings (SSSR count). The van der Waals surface area contributed by atoms with E-state index in [1.165, 1.54) is 38.5 Å². The van der Waals surface area contributed by atoms with E-state index in [0.29, 0.717) is 5.82 Å². The summed E-state index contributed by atoms with van der Waals surface area (Å²) < 4.78 is 4.69. The molecule has 0 radical (unpaired) electrons. The molecule has 4 nitrogen and oxygen atoms in total. The first-order chi connectivity index (χ1) is 27.8. The Bertz CT molecular complexity index is 3200. The van der Waals surface area contributed by atoms with Crippen molar-refractivity contribution in [3.05, 3.63) is 206 Å². The van der Waals surface area contributed by atoms with Gasteiger partial charge in [0.2, 0.25) is 0 Å². The van der Waals surface area contributed by atoms with E-state index in [0.717, 1.165) is 55.7 Å². The van der Waals surface area contributed by atoms with Crippen LogP contribution in [0.3, 0.4) is 0 Å². The van der Waals surface area contributed by atoms with E-state index >= 15 is 0 Å². The van der Waals surface area contributed by atoms with Crippen LogP contribution < -0.4 is 0 Å². The average Bonchev–Trinajstić information content (AvgIpc) is 3.79. The fraction of sp³-hybridized carbons (Fsp3) is 0. The van der Waals surface area contributed by atoms with Gasteiger partial charge in [0, 0.05) is 38.7 Å². The molecule has 0 aliphatic heterocycles. The molecule has 8 aromatic carbocycles. The first-order valence-electron chi connectivity index (χ1n) is 19.0. The monoisotopic (exact) mass is 714 g/mol. The number of para-hydroxylation sites is 1. The third kappa shape index (κ3) is 5.23. The van der Waals surface area contributed by atoms with Gasteiger partial charge in [0.05, 0.1) is 27.6 Å². The lowest BCUT2D eigenvalue weighted by atomic mass is 10.0. The molecule has 0 aliphatic carbocycles. The van der Waals surface area contributed by atoms with E-state index in [4.69, 9.17) is 9.97 Å². The molecule has 0 spiro atoms. The second-order valence-corrected chi connectivity index (χ2v) is 14.2. The maximum absolute atomic E-state index is 5.38. The molecule has 0 saturated heterocycles. The van der Waals surface area contributed by atoms with Gasteiger partial charge in [-0.3, -0.25) is 4.57 Å². The maximum Gasteiger partial charge on any atom is 0.162 e. The number of nitrogens with zero attached hydrogens (tertiary/aromatic N) is 4. The van der Waals surface area contributed by atoms with E-state index in [-0.39, 0.29) is 0 Å². The molecule has 0 amide bonds. The molecular formula is C52H34N4. The molecule has 3 heterocycles. The van der Waals surface area contributed by atoms with Crippen LogP contribution in [-0.2, 0) is 0 Å². The predicted molar refractivity (Wildman–Crippen MR) is 232 cm³/mol. The van der Waals surface area contributed by atoms with Crippen molar-refractivity contribution in [1.29, 1.82) is 0 Å². The number of hydrogen-bond acceptors (Lipinski definition) is 2. The first-order valence-corrected chi connectivity index (χ1v) is 19.0. The number of fused-ring (bicyclic) bond motifs is 6. The largest absolute Gasteiger partial charge is 0.309 e. The van der Waals surface area contributed by atoms with Gasteiger partial charge >= 0.3 is 0 Å². The van der Waals surface area contributed by atoms with Gasteiger partial charge in [0.15, 0.2) is 5.82 Å². The molecule has 11 aromatic rings. The second-order valence-electron chi connectivity index (χ2n) is 14.2. The van der Waals surface area contributed by atoms with Gasteiger partial charge in [0.1, 0.15) is 5.65 Å². The van der Waals surface area contributed by atoms with E-state index in [1.54, 1.807) is 0 Å². The molecular weight excluding hydrogens is 681 g/mol. The van der Waals surface area contributed by atoms with Crippen molar-refractivity contribution in [1.82, 2.24) is 19.1 Å². The van der Waals surface area contributed by atoms with Crippen molar-refractivity contribution in [3.8, 4) is 56.3 Å². The van der Waals surface area contributed by atoms with Gasteiger partial charge < -0.3 is 4.57 Å². The zero-order valence-electron chi connectivity index (χ0n) is 30.4. The third-order valence-corrected chi connectivity index (χ3v) is 10.9. The van der Waals surface area contributed by atoms with Gasteiger partial charge in [-0.1, -0.05) is 152 Å². The summed E-state index contributed by atoms with van der Waals surface area (Å²) in [5.74, 6) is 0.695. The van der Waals surface area contributed by atoms with Crippen molar-refractivity contribution < 1.29 is 0 Å². The van der Waals surface area contributed by atoms with Crippen molar-refractivity contribution in [2.75, 3.05) is 0 Å². The predicted octanol–water partition coefficient (Wildman–Crippen LogP) is 13.3. The highest BCUT2D eigenvalue weighted by Crippen LogP contribution is 2.41. The Balaban J connectivity index is 1.14. The summed E-state index contributed by atoms with van der Waals surface area (Å²) in [5, 5.41) is 4.62. The highest BCUT2D eigenvalue weighted by Gasteiger charge is 2.22. The summed E-state index contributed by atoms with van der Waals surface area (Å²) >= 11 is 0. The minimum Gasteiger partial charge on any atom is -0.309 e. The summed E-state index contributed by atoms with van der Waals surface area (Å²) in [6.45, 7) is 0. The minimum absolute atomic E-state index is 0.695. The zero-order chi connectivity index (χ0) is 37.0. The lowest BCUT2D eigenvalue weighted by Gasteiger charge is -2.12. The van der Waals surface area contributed by atoms with E-state index in [9.17, 15) is 0 Å². The average molecular weight is 715 g/mol. The summed E-state index contributed by atoms with van der Waals surface area (Å²) in [6.07, 6.45) is 0. The van der Waals surface area contributed by atoms with Crippen LogP contribution in [-0.4, -0.2) is 19.1 Å². The van der Waals surface area contributed by atoms with Gasteiger partial charge in [-0.05, 0) is 76.9 Å². The molecule has 0 atom stereocenters. The van der Waals surface area contributed by atoms with Crippen LogP contribution in [0.4, 0.5) is 0 Å². The molecule has 262 valence electrons. The fourth-order valence-corrected chi connectivity index (χ4v) is 8.31. The smallest absolute Gasteiger partial charge is 0.162 e. The summed E-state index contributed by atoms with van der Waals surface area (Å²) in [4.78, 5) is 10.7. The summed E-state index contributed by atoms with van der Waals surface area (Å²) in [7, 11) is 0. The Kier molecular flexibility index (Phi) is 7.46. The lowest BCUT2D eigenvalue weighted by Crippen LogP contribution is -2.00. The fourth-order valence-electron chi connectivity index (χ4n) is 8.31. The Labute approximate surface area is 324 Å². The van der Waals surface area contributed by atoms with E-state index in [2.05, 4.69) is 197 Å². The molecule has 56 heavy (non-hydrogen) atoms. The van der Waals surface area contributed by atoms with Crippen LogP contribution in [0, 0.1) is 0 Å². The van der Waals surface area contributed by atoms with Crippen LogP contribution >= 0.6 is 0 Å². The quantitative estimate of drug-likeness (QED) is 0.172. The van der Waals surface area contributed by atoms with Crippen LogP contribution in [0.15, 0.2) is 206 Å². The number of rotatable bonds is 6. The van der Waals surface area contributed by atoms with Crippen molar-refractivity contribution >= 4 is 43.7 Å². The van der Waals surface area contributed by atoms with Crippen LogP contribution in [0.1, 0.15) is 0 Å². The van der Waals surface area contributed by atoms with Crippen molar-refractivity contribution in [3.63, 3.8) is 0 Å². The molecule has 4 heteroatoms. The number of benzene rings is 8. The third-order valence-electron chi connectivity index (χ3n) is 10.9. The molecule has 0 fully saturated rings. The number of hydrogen-bond donors (Lipinski definition) is 0. The topological polar surface area (TPSA) is 35.6 Å². The van der Waals surface area contributed by atoms with Crippen LogP contribution in [0.25, 0.3) is 100 Å². The minimum atomic E-state index is 0.695. The normalized spacial score (nSPS) is 11.6. The second kappa shape index (κ2) is 13.1. The van der Waals surface area contributed by atoms with Gasteiger partial charge in [-0.15, -0.1) is 0 Å². The lowest BCUT2D eigenvalue weighted by molar-refractivity contribution is 1.10. The van der Waals surface area contributed by atoms with Crippen molar-refractivity contribution in [2.45, 2.75) is 0 Å². The molecule has 3 aromatic heterocycles. The molecule has 0 bridgehead atoms. The molecule has 0 N–H and O–H groups in total. The Morgan fingerprint density at radius 1 is 0.304 bits per heavy atom. The van der Waals surface area contributed by atoms with Crippen molar-refractivity contribution in [2.24, 2.45) is 0 Å². The van der Waals surface area contributed by atoms with Crippen LogP contribution in [0.2, 0.25) is 0 Å². The zero-order valence-corrected chi connectivity index (χ0v) is 30.4. The first kappa shape index (κ1) is 31.9. The Morgan fingerprint density at radius 3 is 1.38 bits per heavy atom. The SMILES string of the molecule is c1ccc(-c2ccc3c(c2)c2ccccc2n3-c2ccc(-n3c4ccc(-c5ccccc5)cc4c4c(-c5ccccc5)nc(-c5ccccc5)nc43)cc2)cc1. The Morgan fingerprint density at radius 2 is 0.768 bits per heavy atom. The molecule has 0 aliphatic rings.